The molecule has 30 heavy (non-hydrogen) atoms. The molecule has 162 valence electrons. The molecule has 7 heteroatoms. The SMILES string of the molecule is C[C@H](CCc1ccccc1)NC(=O)C[NH+]1CCN(S(=O)(=O)Cc2ccccc2)CC1. The van der Waals surface area contributed by atoms with E-state index in [0.717, 1.165) is 23.3 Å². The van der Waals surface area contributed by atoms with Crippen LogP contribution in [0.2, 0.25) is 0 Å². The largest absolute Gasteiger partial charge is 0.349 e. The third kappa shape index (κ3) is 6.93. The molecule has 0 bridgehead atoms. The number of hydrogen-bond donors (Lipinski definition) is 2. The van der Waals surface area contributed by atoms with E-state index < -0.39 is 10.0 Å². The van der Waals surface area contributed by atoms with Crippen molar-refractivity contribution in [1.29, 1.82) is 0 Å². The minimum atomic E-state index is -3.32. The number of hydrogen-bond acceptors (Lipinski definition) is 3. The van der Waals surface area contributed by atoms with E-state index in [1.807, 2.05) is 55.5 Å². The van der Waals surface area contributed by atoms with Crippen molar-refractivity contribution in [1.82, 2.24) is 9.62 Å². The lowest BCUT2D eigenvalue weighted by atomic mass is 10.1. The summed E-state index contributed by atoms with van der Waals surface area (Å²) in [6.07, 6.45) is 1.84. The molecule has 1 fully saturated rings. The molecule has 0 spiro atoms. The molecule has 1 amide bonds. The second-order valence-corrected chi connectivity index (χ2v) is 10.0. The lowest BCUT2D eigenvalue weighted by molar-refractivity contribution is -0.895. The van der Waals surface area contributed by atoms with Gasteiger partial charge < -0.3 is 10.2 Å². The Labute approximate surface area is 179 Å². The first-order chi connectivity index (χ1) is 14.4. The smallest absolute Gasteiger partial charge is 0.275 e. The Bertz CT molecular complexity index is 896. The molecule has 1 saturated heterocycles. The highest BCUT2D eigenvalue weighted by Gasteiger charge is 2.30. The number of nitrogens with one attached hydrogen (secondary N) is 2. The van der Waals surface area contributed by atoms with Gasteiger partial charge in [0, 0.05) is 6.04 Å². The Morgan fingerprint density at radius 1 is 1.00 bits per heavy atom. The molecule has 3 rings (SSSR count). The molecule has 1 atom stereocenters. The highest BCUT2D eigenvalue weighted by Crippen LogP contribution is 2.10. The second kappa shape index (κ2) is 10.7. The van der Waals surface area contributed by atoms with Crippen LogP contribution in [0.3, 0.4) is 0 Å². The normalized spacial score (nSPS) is 16.8. The summed E-state index contributed by atoms with van der Waals surface area (Å²) < 4.78 is 26.9. The van der Waals surface area contributed by atoms with Crippen molar-refractivity contribution in [2.75, 3.05) is 32.7 Å². The third-order valence-electron chi connectivity index (χ3n) is 5.54. The minimum Gasteiger partial charge on any atom is -0.349 e. The number of amides is 1. The summed E-state index contributed by atoms with van der Waals surface area (Å²) in [6.45, 7) is 4.65. The molecule has 1 heterocycles. The van der Waals surface area contributed by atoms with E-state index in [-0.39, 0.29) is 17.7 Å². The molecule has 2 aromatic rings. The number of carbonyl (C=O) groups is 1. The first-order valence-electron chi connectivity index (χ1n) is 10.6. The number of rotatable bonds is 9. The summed E-state index contributed by atoms with van der Waals surface area (Å²) >= 11 is 0. The molecule has 0 saturated carbocycles. The van der Waals surface area contributed by atoms with E-state index >= 15 is 0 Å². The van der Waals surface area contributed by atoms with Crippen molar-refractivity contribution in [3.8, 4) is 0 Å². The van der Waals surface area contributed by atoms with Crippen LogP contribution in [0, 0.1) is 0 Å². The molecule has 0 aliphatic carbocycles. The highest BCUT2D eigenvalue weighted by molar-refractivity contribution is 7.88. The van der Waals surface area contributed by atoms with Crippen LogP contribution in [0.1, 0.15) is 24.5 Å². The van der Waals surface area contributed by atoms with E-state index in [2.05, 4.69) is 17.4 Å². The summed E-state index contributed by atoms with van der Waals surface area (Å²) in [5.41, 5.74) is 2.08. The van der Waals surface area contributed by atoms with Crippen LogP contribution in [0.25, 0.3) is 0 Å². The van der Waals surface area contributed by atoms with Gasteiger partial charge in [-0.3, -0.25) is 4.79 Å². The zero-order valence-corrected chi connectivity index (χ0v) is 18.4. The molecule has 0 aromatic heterocycles. The summed E-state index contributed by atoms with van der Waals surface area (Å²) in [4.78, 5) is 13.5. The number of carbonyl (C=O) groups excluding carboxylic acids is 1. The molecule has 0 unspecified atom stereocenters. The summed E-state index contributed by atoms with van der Waals surface area (Å²) in [7, 11) is -3.32. The standard InChI is InChI=1S/C23H31N3O3S/c1-20(12-13-21-8-4-2-5-9-21)24-23(27)18-25-14-16-26(17-15-25)30(28,29)19-22-10-6-3-7-11-22/h2-11,20H,12-19H2,1H3,(H,24,27)/p+1/t20-/m1/s1. The third-order valence-corrected chi connectivity index (χ3v) is 7.39. The first-order valence-corrected chi connectivity index (χ1v) is 12.2. The molecule has 2 aromatic carbocycles. The average molecular weight is 431 g/mol. The Morgan fingerprint density at radius 2 is 1.57 bits per heavy atom. The van der Waals surface area contributed by atoms with Gasteiger partial charge in [-0.2, -0.15) is 4.31 Å². The van der Waals surface area contributed by atoms with Crippen molar-refractivity contribution in [3.05, 3.63) is 71.8 Å². The lowest BCUT2D eigenvalue weighted by Crippen LogP contribution is -3.15. The van der Waals surface area contributed by atoms with Gasteiger partial charge in [-0.25, -0.2) is 8.42 Å². The summed E-state index contributed by atoms with van der Waals surface area (Å²) in [5.74, 6) is 0.0638. The van der Waals surface area contributed by atoms with Gasteiger partial charge in [0.25, 0.3) is 5.91 Å². The van der Waals surface area contributed by atoms with Gasteiger partial charge in [0.15, 0.2) is 6.54 Å². The number of aryl methyl sites for hydroxylation is 1. The molecule has 2 N–H and O–H groups in total. The maximum atomic E-state index is 12.7. The van der Waals surface area contributed by atoms with E-state index in [4.69, 9.17) is 0 Å². The van der Waals surface area contributed by atoms with Crippen LogP contribution in [0.15, 0.2) is 60.7 Å². The fraction of sp³-hybridized carbons (Fsp3) is 0.435. The Morgan fingerprint density at radius 3 is 2.17 bits per heavy atom. The quantitative estimate of drug-likeness (QED) is 0.620. The monoisotopic (exact) mass is 430 g/mol. The van der Waals surface area contributed by atoms with Crippen molar-refractivity contribution in [2.45, 2.75) is 31.6 Å². The Kier molecular flexibility index (Phi) is 8.01. The molecular weight excluding hydrogens is 398 g/mol. The lowest BCUT2D eigenvalue weighted by Gasteiger charge is -2.31. The molecule has 1 aliphatic rings. The average Bonchev–Trinajstić information content (AvgIpc) is 2.74. The molecule has 1 aliphatic heterocycles. The van der Waals surface area contributed by atoms with Crippen LogP contribution < -0.4 is 10.2 Å². The molecular formula is C23H32N3O3S+. The minimum absolute atomic E-state index is 0.0303. The van der Waals surface area contributed by atoms with Gasteiger partial charge >= 0.3 is 0 Å². The van der Waals surface area contributed by atoms with Crippen LogP contribution in [0.5, 0.6) is 0 Å². The fourth-order valence-corrected chi connectivity index (χ4v) is 5.32. The maximum absolute atomic E-state index is 12.7. The maximum Gasteiger partial charge on any atom is 0.275 e. The summed E-state index contributed by atoms with van der Waals surface area (Å²) in [6, 6.07) is 19.6. The predicted octanol–water partition coefficient (Wildman–Crippen LogP) is 0.854. The van der Waals surface area contributed by atoms with Crippen LogP contribution >= 0.6 is 0 Å². The van der Waals surface area contributed by atoms with Crippen LogP contribution in [-0.2, 0) is 27.0 Å². The van der Waals surface area contributed by atoms with Gasteiger partial charge in [0.05, 0.1) is 31.9 Å². The van der Waals surface area contributed by atoms with E-state index in [9.17, 15) is 13.2 Å². The Balaban J connectivity index is 1.39. The van der Waals surface area contributed by atoms with Crippen molar-refractivity contribution < 1.29 is 18.1 Å². The van der Waals surface area contributed by atoms with Crippen molar-refractivity contribution in [2.24, 2.45) is 0 Å². The van der Waals surface area contributed by atoms with Gasteiger partial charge in [0.2, 0.25) is 10.0 Å². The topological polar surface area (TPSA) is 70.9 Å². The van der Waals surface area contributed by atoms with E-state index in [1.54, 1.807) is 4.31 Å². The van der Waals surface area contributed by atoms with Gasteiger partial charge in [-0.1, -0.05) is 60.7 Å². The van der Waals surface area contributed by atoms with Gasteiger partial charge in [-0.15, -0.1) is 0 Å². The number of nitrogens with zero attached hydrogens (tertiary/aromatic N) is 1. The number of quaternary nitrogens is 1. The van der Waals surface area contributed by atoms with Crippen molar-refractivity contribution in [3.63, 3.8) is 0 Å². The molecule has 0 radical (unpaired) electrons. The number of benzene rings is 2. The van der Waals surface area contributed by atoms with Crippen LogP contribution in [0.4, 0.5) is 0 Å². The zero-order chi connectivity index (χ0) is 21.4. The highest BCUT2D eigenvalue weighted by atomic mass is 32.2. The number of piperazine rings is 1. The second-order valence-electron chi connectivity index (χ2n) is 8.06. The number of sulfonamides is 1. The van der Waals surface area contributed by atoms with E-state index in [0.29, 0.717) is 32.7 Å². The van der Waals surface area contributed by atoms with Crippen molar-refractivity contribution >= 4 is 15.9 Å². The fourth-order valence-electron chi connectivity index (χ4n) is 3.79. The van der Waals surface area contributed by atoms with Gasteiger partial charge in [0.1, 0.15) is 0 Å². The van der Waals surface area contributed by atoms with Gasteiger partial charge in [-0.05, 0) is 30.9 Å². The summed E-state index contributed by atoms with van der Waals surface area (Å²) in [5, 5.41) is 3.08. The Hall–Kier alpha value is -2.22. The predicted molar refractivity (Wildman–Crippen MR) is 119 cm³/mol. The molecule has 6 nitrogen and oxygen atoms in total. The van der Waals surface area contributed by atoms with Crippen LogP contribution in [-0.4, -0.2) is 57.4 Å². The zero-order valence-electron chi connectivity index (χ0n) is 17.6. The first kappa shape index (κ1) is 22.5. The van der Waals surface area contributed by atoms with E-state index in [1.165, 1.54) is 5.56 Å².